The van der Waals surface area contributed by atoms with Gasteiger partial charge in [0, 0.05) is 27.7 Å². The average molecular weight is 474 g/mol. The zero-order valence-electron chi connectivity index (χ0n) is 20.2. The first-order chi connectivity index (χ1) is 18.3. The van der Waals surface area contributed by atoms with Crippen molar-refractivity contribution in [3.8, 4) is 11.1 Å². The number of allylic oxidation sites excluding steroid dienone is 4. The number of benzene rings is 4. The largest absolute Gasteiger partial charge is 0.292 e. The highest BCUT2D eigenvalue weighted by molar-refractivity contribution is 6.23. The number of aromatic nitrogens is 3. The Labute approximate surface area is 214 Å². The fourth-order valence-electron chi connectivity index (χ4n) is 5.43. The Morgan fingerprint density at radius 3 is 2.41 bits per heavy atom. The van der Waals surface area contributed by atoms with Crippen LogP contribution in [0, 0.1) is 0 Å². The van der Waals surface area contributed by atoms with Crippen molar-refractivity contribution in [2.45, 2.75) is 0 Å². The number of fused-ring (bicyclic) bond motifs is 10. The normalized spacial score (nSPS) is 12.2. The van der Waals surface area contributed by atoms with Gasteiger partial charge in [-0.05, 0) is 52.6 Å². The van der Waals surface area contributed by atoms with Crippen molar-refractivity contribution < 1.29 is 0 Å². The third-order valence-corrected chi connectivity index (χ3v) is 7.15. The Bertz CT molecular complexity index is 2060. The standard InChI is InChI=1S/C34H23N3/c1-3-8-22(4-2)23-12-14-24(15-13-23)26-17-18-27-31(21-26)37-30-11-6-5-10-29(30)36-34(37)28-19-16-25-9-7-20-35-33(25)32(27)28/h3-21H,1-2H2/b22-8+. The molecule has 0 bridgehead atoms. The molecule has 174 valence electrons. The molecule has 7 aromatic rings. The Kier molecular flexibility index (Phi) is 4.76. The van der Waals surface area contributed by atoms with Gasteiger partial charge in [-0.2, -0.15) is 0 Å². The smallest absolute Gasteiger partial charge is 0.146 e. The van der Waals surface area contributed by atoms with E-state index in [1.54, 1.807) is 6.08 Å². The molecule has 0 saturated heterocycles. The molecule has 0 aliphatic carbocycles. The minimum atomic E-state index is 0.953. The maximum Gasteiger partial charge on any atom is 0.146 e. The summed E-state index contributed by atoms with van der Waals surface area (Å²) in [5.41, 5.74) is 9.63. The van der Waals surface area contributed by atoms with Crippen molar-refractivity contribution in [1.29, 1.82) is 0 Å². The van der Waals surface area contributed by atoms with Gasteiger partial charge in [0.25, 0.3) is 0 Å². The molecule has 3 aromatic heterocycles. The molecular weight excluding hydrogens is 450 g/mol. The molecule has 0 atom stereocenters. The third kappa shape index (κ3) is 3.21. The van der Waals surface area contributed by atoms with Crippen LogP contribution in [0.3, 0.4) is 0 Å². The van der Waals surface area contributed by atoms with Gasteiger partial charge in [-0.1, -0.05) is 92.0 Å². The molecule has 0 radical (unpaired) electrons. The lowest BCUT2D eigenvalue weighted by molar-refractivity contribution is 1.31. The van der Waals surface area contributed by atoms with Crippen LogP contribution in [0.1, 0.15) is 5.56 Å². The predicted octanol–water partition coefficient (Wildman–Crippen LogP) is 8.76. The van der Waals surface area contributed by atoms with Crippen LogP contribution >= 0.6 is 0 Å². The van der Waals surface area contributed by atoms with Gasteiger partial charge >= 0.3 is 0 Å². The maximum atomic E-state index is 5.07. The van der Waals surface area contributed by atoms with E-state index >= 15 is 0 Å². The molecule has 7 rings (SSSR count). The lowest BCUT2D eigenvalue weighted by Crippen LogP contribution is -1.94. The predicted molar refractivity (Wildman–Crippen MR) is 157 cm³/mol. The van der Waals surface area contributed by atoms with Gasteiger partial charge in [0.1, 0.15) is 5.65 Å². The number of hydrogen-bond acceptors (Lipinski definition) is 2. The summed E-state index contributed by atoms with van der Waals surface area (Å²) in [5.74, 6) is 0. The first-order valence-electron chi connectivity index (χ1n) is 12.3. The molecule has 3 nitrogen and oxygen atoms in total. The second kappa shape index (κ2) is 8.28. The van der Waals surface area contributed by atoms with Crippen LogP contribution in [0.15, 0.2) is 129 Å². The number of imidazole rings is 1. The molecule has 37 heavy (non-hydrogen) atoms. The van der Waals surface area contributed by atoms with Crippen LogP contribution in [0.2, 0.25) is 0 Å². The molecule has 0 amide bonds. The van der Waals surface area contributed by atoms with Crippen molar-refractivity contribution >= 4 is 54.8 Å². The number of rotatable bonds is 4. The molecule has 3 heterocycles. The van der Waals surface area contributed by atoms with Crippen molar-refractivity contribution in [2.75, 3.05) is 0 Å². The van der Waals surface area contributed by atoms with Gasteiger partial charge in [-0.15, -0.1) is 0 Å². The first-order valence-corrected chi connectivity index (χ1v) is 12.3. The second-order valence-corrected chi connectivity index (χ2v) is 9.19. The van der Waals surface area contributed by atoms with E-state index in [-0.39, 0.29) is 0 Å². The maximum absolute atomic E-state index is 5.07. The number of pyridine rings is 2. The Hall–Kier alpha value is -5.02. The van der Waals surface area contributed by atoms with Crippen LogP contribution < -0.4 is 0 Å². The highest BCUT2D eigenvalue weighted by atomic mass is 15.0. The zero-order chi connectivity index (χ0) is 24.9. The van der Waals surface area contributed by atoms with Crippen molar-refractivity contribution in [3.05, 3.63) is 134 Å². The number of para-hydroxylation sites is 2. The fraction of sp³-hybridized carbons (Fsp3) is 0. The summed E-state index contributed by atoms with van der Waals surface area (Å²) in [6, 6.07) is 32.1. The minimum absolute atomic E-state index is 0.953. The third-order valence-electron chi connectivity index (χ3n) is 7.15. The van der Waals surface area contributed by atoms with Crippen molar-refractivity contribution in [1.82, 2.24) is 14.4 Å². The summed E-state index contributed by atoms with van der Waals surface area (Å²) in [5, 5.41) is 4.54. The van der Waals surface area contributed by atoms with Gasteiger partial charge in [0.2, 0.25) is 0 Å². The number of hydrogen-bond donors (Lipinski definition) is 0. The van der Waals surface area contributed by atoms with Crippen LogP contribution in [0.25, 0.3) is 66.0 Å². The van der Waals surface area contributed by atoms with Crippen molar-refractivity contribution in [2.24, 2.45) is 0 Å². The van der Waals surface area contributed by atoms with E-state index in [0.717, 1.165) is 71.5 Å². The molecule has 0 aliphatic heterocycles. The Morgan fingerprint density at radius 1 is 0.757 bits per heavy atom. The quantitative estimate of drug-likeness (QED) is 0.189. The van der Waals surface area contributed by atoms with Crippen LogP contribution in [0.5, 0.6) is 0 Å². The van der Waals surface area contributed by atoms with E-state index in [1.165, 1.54) is 0 Å². The fourth-order valence-corrected chi connectivity index (χ4v) is 5.43. The van der Waals surface area contributed by atoms with E-state index in [0.29, 0.717) is 0 Å². The zero-order valence-corrected chi connectivity index (χ0v) is 20.2. The summed E-state index contributed by atoms with van der Waals surface area (Å²) in [4.78, 5) is 9.86. The summed E-state index contributed by atoms with van der Waals surface area (Å²) in [7, 11) is 0. The monoisotopic (exact) mass is 473 g/mol. The van der Waals surface area contributed by atoms with Crippen molar-refractivity contribution in [3.63, 3.8) is 0 Å². The van der Waals surface area contributed by atoms with E-state index in [1.807, 2.05) is 30.5 Å². The first kappa shape index (κ1) is 21.3. The molecule has 3 heteroatoms. The van der Waals surface area contributed by atoms with Gasteiger partial charge < -0.3 is 0 Å². The highest BCUT2D eigenvalue weighted by Gasteiger charge is 2.16. The summed E-state index contributed by atoms with van der Waals surface area (Å²) in [6.07, 6.45) is 7.49. The molecular formula is C34H23N3. The molecule has 0 aliphatic rings. The van der Waals surface area contributed by atoms with E-state index in [9.17, 15) is 0 Å². The number of nitrogens with zero attached hydrogens (tertiary/aromatic N) is 3. The SMILES string of the molecule is C=C/C=C(\C=C)c1ccc(-c2ccc3c4c(ccc5cccnc54)c4nc5ccccc5n4c3c2)cc1. The average Bonchev–Trinajstić information content (AvgIpc) is 3.35. The molecule has 4 aromatic carbocycles. The van der Waals surface area contributed by atoms with E-state index in [4.69, 9.17) is 9.97 Å². The highest BCUT2D eigenvalue weighted by Crippen LogP contribution is 2.37. The second-order valence-electron chi connectivity index (χ2n) is 9.19. The van der Waals surface area contributed by atoms with Crippen LogP contribution in [-0.4, -0.2) is 14.4 Å². The lowest BCUT2D eigenvalue weighted by atomic mass is 9.97. The Morgan fingerprint density at radius 2 is 1.57 bits per heavy atom. The van der Waals surface area contributed by atoms with E-state index < -0.39 is 0 Å². The van der Waals surface area contributed by atoms with Gasteiger partial charge in [-0.25, -0.2) is 4.98 Å². The summed E-state index contributed by atoms with van der Waals surface area (Å²) >= 11 is 0. The minimum Gasteiger partial charge on any atom is -0.292 e. The van der Waals surface area contributed by atoms with Gasteiger partial charge in [0.05, 0.1) is 22.1 Å². The molecule has 0 spiro atoms. The van der Waals surface area contributed by atoms with Gasteiger partial charge in [0.15, 0.2) is 0 Å². The Balaban J connectivity index is 1.56. The molecule has 0 unspecified atom stereocenters. The topological polar surface area (TPSA) is 30.2 Å². The van der Waals surface area contributed by atoms with Crippen LogP contribution in [-0.2, 0) is 0 Å². The molecule has 0 saturated carbocycles. The molecule has 0 fully saturated rings. The van der Waals surface area contributed by atoms with Gasteiger partial charge in [-0.3, -0.25) is 9.38 Å². The summed E-state index contributed by atoms with van der Waals surface area (Å²) < 4.78 is 2.29. The van der Waals surface area contributed by atoms with Crippen LogP contribution in [0.4, 0.5) is 0 Å². The summed E-state index contributed by atoms with van der Waals surface area (Å²) in [6.45, 7) is 7.75. The lowest BCUT2D eigenvalue weighted by Gasteiger charge is -2.13. The van der Waals surface area contributed by atoms with E-state index in [2.05, 4.69) is 96.4 Å². The molecule has 0 N–H and O–H groups in total.